The maximum absolute atomic E-state index is 14.9. The Kier molecular flexibility index (Phi) is 31.5. The average molecular weight is 940 g/mol. The van der Waals surface area contributed by atoms with Crippen molar-refractivity contribution >= 4 is 34.3 Å². The van der Waals surface area contributed by atoms with Gasteiger partial charge in [-0.25, -0.2) is 0 Å². The van der Waals surface area contributed by atoms with E-state index in [0.29, 0.717) is 47.6 Å². The van der Waals surface area contributed by atoms with Crippen LogP contribution >= 0.6 is 0 Å². The average Bonchev–Trinajstić information content (AvgIpc) is 4.18. The summed E-state index contributed by atoms with van der Waals surface area (Å²) in [4.78, 5) is 33.9. The second-order valence-electron chi connectivity index (χ2n) is 19.8. The molecule has 6 nitrogen and oxygen atoms in total. The molecule has 0 N–H and O–H groups in total. The molecule has 3 aromatic rings. The van der Waals surface area contributed by atoms with Crippen LogP contribution in [-0.2, 0) is 9.59 Å². The molecular formula is C62H102N2O4. The summed E-state index contributed by atoms with van der Waals surface area (Å²) in [6, 6.07) is 11.9. The van der Waals surface area contributed by atoms with Gasteiger partial charge in [0, 0.05) is 23.5 Å². The van der Waals surface area contributed by atoms with E-state index >= 15 is 0 Å². The maximum Gasteiger partial charge on any atom is 0.262 e. The van der Waals surface area contributed by atoms with E-state index < -0.39 is 0 Å². The van der Waals surface area contributed by atoms with Crippen LogP contribution in [0.1, 0.15) is 272 Å². The van der Waals surface area contributed by atoms with Gasteiger partial charge in [0.2, 0.25) is 0 Å². The zero-order valence-electron chi connectivity index (χ0n) is 45.3. The van der Waals surface area contributed by atoms with Crippen LogP contribution in [0.15, 0.2) is 57.8 Å². The van der Waals surface area contributed by atoms with Gasteiger partial charge in [0.05, 0.1) is 35.0 Å². The molecule has 1 aromatic carbocycles. The van der Waals surface area contributed by atoms with Crippen LogP contribution in [-0.4, -0.2) is 24.9 Å². The number of amides is 2. The van der Waals surface area contributed by atoms with E-state index in [0.717, 1.165) is 47.5 Å². The highest BCUT2D eigenvalue weighted by Gasteiger charge is 2.38. The minimum atomic E-state index is 0.0190. The summed E-state index contributed by atoms with van der Waals surface area (Å²) in [6.07, 6.45) is 44.1. The lowest BCUT2D eigenvalue weighted by Crippen LogP contribution is -2.35. The molecular weight excluding hydrogens is 837 g/mol. The van der Waals surface area contributed by atoms with E-state index in [1.807, 2.05) is 52.0 Å². The minimum Gasteiger partial charge on any atom is -0.464 e. The summed E-state index contributed by atoms with van der Waals surface area (Å²) < 4.78 is 12.1. The quantitative estimate of drug-likeness (QED) is 0.0537. The molecule has 0 spiro atoms. The van der Waals surface area contributed by atoms with Crippen molar-refractivity contribution in [3.63, 3.8) is 0 Å². The van der Waals surface area contributed by atoms with Gasteiger partial charge in [-0.2, -0.15) is 0 Å². The predicted molar refractivity (Wildman–Crippen MR) is 293 cm³/mol. The first-order valence-electron chi connectivity index (χ1n) is 29.2. The number of anilines is 2. The summed E-state index contributed by atoms with van der Waals surface area (Å²) >= 11 is 0. The van der Waals surface area contributed by atoms with Gasteiger partial charge in [0.1, 0.15) is 11.5 Å². The molecule has 0 fully saturated rings. The van der Waals surface area contributed by atoms with Crippen molar-refractivity contribution in [3.8, 4) is 0 Å². The molecule has 2 aromatic heterocycles. The maximum atomic E-state index is 14.9. The summed E-state index contributed by atoms with van der Waals surface area (Å²) in [5.41, 5.74) is 3.05. The minimum absolute atomic E-state index is 0.0190. The van der Waals surface area contributed by atoms with E-state index in [2.05, 4.69) is 49.6 Å². The largest absolute Gasteiger partial charge is 0.464 e. The lowest BCUT2D eigenvalue weighted by molar-refractivity contribution is -0.114. The van der Waals surface area contributed by atoms with Crippen molar-refractivity contribution in [2.45, 2.75) is 261 Å². The summed E-state index contributed by atoms with van der Waals surface area (Å²) in [6.45, 7) is 18.5. The van der Waals surface area contributed by atoms with E-state index in [4.69, 9.17) is 8.83 Å². The third-order valence-corrected chi connectivity index (χ3v) is 14.4. The lowest BCUT2D eigenvalue weighted by Gasteiger charge is -2.27. The van der Waals surface area contributed by atoms with Gasteiger partial charge in [0.15, 0.2) is 0 Å². The molecule has 0 radical (unpaired) electrons. The highest BCUT2D eigenvalue weighted by molar-refractivity contribution is 6.31. The van der Waals surface area contributed by atoms with E-state index in [1.165, 1.54) is 180 Å². The Bertz CT molecular complexity index is 1720. The first kappa shape index (κ1) is 58.8. The lowest BCUT2D eigenvalue weighted by atomic mass is 9.93. The molecule has 2 aliphatic rings. The van der Waals surface area contributed by atoms with Crippen LogP contribution in [0.4, 0.5) is 11.4 Å². The van der Waals surface area contributed by atoms with Gasteiger partial charge in [-0.15, -0.1) is 0 Å². The first-order valence-corrected chi connectivity index (χ1v) is 29.2. The Morgan fingerprint density at radius 3 is 0.912 bits per heavy atom. The molecule has 4 heterocycles. The monoisotopic (exact) mass is 939 g/mol. The molecule has 6 heteroatoms. The van der Waals surface area contributed by atoms with Gasteiger partial charge in [-0.3, -0.25) is 9.59 Å². The van der Waals surface area contributed by atoms with Crippen molar-refractivity contribution in [3.05, 3.63) is 70.9 Å². The van der Waals surface area contributed by atoms with Crippen LogP contribution in [0, 0.1) is 11.8 Å². The molecule has 0 aliphatic carbocycles. The number of hydrogen-bond acceptors (Lipinski definition) is 4. The smallest absolute Gasteiger partial charge is 0.262 e. The summed E-state index contributed by atoms with van der Waals surface area (Å²) in [5, 5.41) is 1.77. The Hall–Kier alpha value is -3.54. The first-order chi connectivity index (χ1) is 33.5. The third kappa shape index (κ3) is 19.3. The number of furan rings is 2. The molecule has 0 saturated heterocycles. The Labute approximate surface area is 417 Å². The summed E-state index contributed by atoms with van der Waals surface area (Å²) in [5.74, 6) is 2.07. The van der Waals surface area contributed by atoms with Crippen LogP contribution in [0.25, 0.3) is 11.1 Å². The van der Waals surface area contributed by atoms with Crippen LogP contribution in [0.5, 0.6) is 0 Å². The highest BCUT2D eigenvalue weighted by Crippen LogP contribution is 2.34. The molecule has 0 bridgehead atoms. The number of nitrogens with zero attached hydrogens (tertiary/aromatic N) is 2. The highest BCUT2D eigenvalue weighted by atomic mass is 16.3. The molecule has 68 heavy (non-hydrogen) atoms. The van der Waals surface area contributed by atoms with E-state index in [-0.39, 0.29) is 11.8 Å². The number of carbonyl (C=O) groups is 2. The fourth-order valence-corrected chi connectivity index (χ4v) is 10.6. The molecule has 384 valence electrons. The van der Waals surface area contributed by atoms with Crippen LogP contribution < -0.4 is 20.2 Å². The van der Waals surface area contributed by atoms with Gasteiger partial charge in [-0.1, -0.05) is 235 Å². The predicted octanol–water partition coefficient (Wildman–Crippen LogP) is 17.8. The molecule has 2 aliphatic heterocycles. The van der Waals surface area contributed by atoms with Crippen molar-refractivity contribution < 1.29 is 18.4 Å². The standard InChI is InChI=1S/C58H90N2O4.2C2H6/c1-5-9-13-17-21-23-27-31-37-47(35-29-25-19-15-11-7-3)45-59-51-43-50-52(44-49(51)55(57(59)61)53-39-33-41-63-53)60(58(62)56(50)54-40-34-42-64-54)46-48(36-30-26-20-16-12-8-4)38-32-28-24-22-18-14-10-6-2;2*1-2/h33-34,39-44,47-48H,5-32,35-38,45-46H2,1-4H3;2*1-2H3. The van der Waals surface area contributed by atoms with Crippen molar-refractivity contribution in [2.24, 2.45) is 11.8 Å². The number of benzene rings is 1. The molecule has 2 atom stereocenters. The molecule has 0 saturated carbocycles. The van der Waals surface area contributed by atoms with Crippen LogP contribution in [0.2, 0.25) is 0 Å². The second-order valence-corrected chi connectivity index (χ2v) is 19.8. The molecule has 2 unspecified atom stereocenters. The topological polar surface area (TPSA) is 66.9 Å². The van der Waals surface area contributed by atoms with Crippen LogP contribution in [0.3, 0.4) is 0 Å². The molecule has 2 amide bonds. The van der Waals surface area contributed by atoms with E-state index in [9.17, 15) is 9.59 Å². The number of rotatable bonds is 38. The summed E-state index contributed by atoms with van der Waals surface area (Å²) in [7, 11) is 0. The molecule has 5 rings (SSSR count). The van der Waals surface area contributed by atoms with Crippen molar-refractivity contribution in [1.82, 2.24) is 0 Å². The Balaban J connectivity index is 0.00000298. The number of unbranched alkanes of at least 4 members (excludes halogenated alkanes) is 24. The number of fused-ring (bicyclic) bond motifs is 2. The Morgan fingerprint density at radius 1 is 0.397 bits per heavy atom. The van der Waals surface area contributed by atoms with Gasteiger partial charge < -0.3 is 18.6 Å². The van der Waals surface area contributed by atoms with Gasteiger partial charge >= 0.3 is 0 Å². The number of carbonyl (C=O) groups excluding carboxylic acids is 2. The van der Waals surface area contributed by atoms with Gasteiger partial charge in [-0.05, 0) is 73.9 Å². The second kappa shape index (κ2) is 36.4. The zero-order valence-corrected chi connectivity index (χ0v) is 45.3. The van der Waals surface area contributed by atoms with E-state index in [1.54, 1.807) is 12.5 Å². The zero-order chi connectivity index (χ0) is 49.2. The number of hydrogen-bond donors (Lipinski definition) is 0. The normalized spacial score (nSPS) is 13.9. The fourth-order valence-electron chi connectivity index (χ4n) is 10.6. The van der Waals surface area contributed by atoms with Gasteiger partial charge in [0.25, 0.3) is 11.8 Å². The Morgan fingerprint density at radius 2 is 0.662 bits per heavy atom. The van der Waals surface area contributed by atoms with Crippen molar-refractivity contribution in [2.75, 3.05) is 22.9 Å². The fraction of sp³-hybridized carbons (Fsp3) is 0.710. The third-order valence-electron chi connectivity index (χ3n) is 14.4. The SMILES string of the molecule is CC.CC.CCCCCCCCCCC(CCCCCCCC)CN1C(=O)C(c2ccco2)=c2cc3c(cc21)=C(c1ccco1)C(=O)N3CC(CCCCCCCC)CCCCCCCCCC. The van der Waals surface area contributed by atoms with Crippen molar-refractivity contribution in [1.29, 1.82) is 0 Å².